The van der Waals surface area contributed by atoms with E-state index in [1.807, 2.05) is 0 Å². The summed E-state index contributed by atoms with van der Waals surface area (Å²) in [6.07, 6.45) is 3.14. The predicted octanol–water partition coefficient (Wildman–Crippen LogP) is 12.5. The smallest absolute Gasteiger partial charge is 0.136 e. The van der Waals surface area contributed by atoms with Gasteiger partial charge < -0.3 is 4.42 Å². The zero-order valence-corrected chi connectivity index (χ0v) is 23.2. The van der Waals surface area contributed by atoms with Crippen LogP contribution in [0.2, 0.25) is 0 Å². The van der Waals surface area contributed by atoms with Gasteiger partial charge >= 0.3 is 0 Å². The minimum Gasteiger partial charge on any atom is -0.456 e. The Hall–Kier alpha value is -5.66. The highest BCUT2D eigenvalue weighted by Gasteiger charge is 2.17. The fourth-order valence-corrected chi connectivity index (χ4v) is 5.36. The van der Waals surface area contributed by atoms with Gasteiger partial charge in [-0.3, -0.25) is 0 Å². The fourth-order valence-electron chi connectivity index (χ4n) is 5.36. The number of hydrogen-bond donors (Lipinski definition) is 0. The second-order valence-electron chi connectivity index (χ2n) is 9.88. The summed E-state index contributed by atoms with van der Waals surface area (Å²) in [4.78, 5) is 0. The highest BCUT2D eigenvalue weighted by Crippen LogP contribution is 2.43. The molecule has 0 N–H and O–H groups in total. The number of hydrogen-bond acceptors (Lipinski definition) is 1. The van der Waals surface area contributed by atoms with Gasteiger partial charge in [-0.2, -0.15) is 0 Å². The van der Waals surface area contributed by atoms with E-state index in [0.29, 0.717) is 0 Å². The molecule has 0 radical (unpaired) electrons. The molecule has 0 bridgehead atoms. The molecule has 6 aromatic carbocycles. The lowest BCUT2D eigenvalue weighted by Crippen LogP contribution is -1.94. The molecule has 45 heavy (non-hydrogen) atoms. The van der Waals surface area contributed by atoms with Gasteiger partial charge in [-0.05, 0) is 86.3 Å². The van der Waals surface area contributed by atoms with Crippen LogP contribution in [0.3, 0.4) is 0 Å². The van der Waals surface area contributed by atoms with Crippen molar-refractivity contribution in [1.82, 2.24) is 0 Å². The van der Waals surface area contributed by atoms with Gasteiger partial charge in [-0.15, -0.1) is 0 Å². The van der Waals surface area contributed by atoms with Gasteiger partial charge in [-0.25, -0.2) is 0 Å². The van der Waals surface area contributed by atoms with E-state index in [4.69, 9.17) is 31.8 Å². The summed E-state index contributed by atoms with van der Waals surface area (Å²) >= 11 is 0. The molecule has 1 aromatic heterocycles. The summed E-state index contributed by atoms with van der Waals surface area (Å²) in [6, 6.07) is -14.1. The van der Waals surface area contributed by atoms with E-state index in [9.17, 15) is 4.11 Å². The molecule has 0 aliphatic heterocycles. The molecule has 0 spiro atoms. The molecule has 1 aliphatic rings. The van der Waals surface area contributed by atoms with Gasteiger partial charge in [0.15, 0.2) is 0 Å². The first kappa shape index (κ1) is 12.0. The molecule has 1 heterocycles. The number of allylic oxidation sites excluding steroid dienone is 4. The monoisotopic (exact) mass is 599 g/mol. The van der Waals surface area contributed by atoms with Crippen molar-refractivity contribution in [3.63, 3.8) is 0 Å². The molecule has 0 unspecified atom stereocenters. The molecule has 8 rings (SSSR count). The second kappa shape index (κ2) is 11.8. The lowest BCUT2D eigenvalue weighted by molar-refractivity contribution is 0.669. The van der Waals surface area contributed by atoms with Crippen LogP contribution < -0.4 is 0 Å². The zero-order valence-electron chi connectivity index (χ0n) is 46.2. The molecule has 0 atom stereocenters. The quantitative estimate of drug-likeness (QED) is 0.196. The van der Waals surface area contributed by atoms with Gasteiger partial charge in [0.1, 0.15) is 11.2 Å². The third-order valence-electron chi connectivity index (χ3n) is 7.29. The Balaban J connectivity index is 1.69. The number of furan rings is 1. The second-order valence-corrected chi connectivity index (χ2v) is 9.88. The van der Waals surface area contributed by atoms with E-state index in [-0.39, 0.29) is 51.5 Å². The minimum atomic E-state index is -0.895. The minimum absolute atomic E-state index is 0.0323. The molecule has 214 valence electrons. The van der Waals surface area contributed by atoms with Crippen molar-refractivity contribution in [2.75, 3.05) is 0 Å². The van der Waals surface area contributed by atoms with E-state index in [1.165, 1.54) is 6.08 Å². The molecule has 0 amide bonds. The van der Waals surface area contributed by atoms with Crippen LogP contribution >= 0.6 is 0 Å². The van der Waals surface area contributed by atoms with Crippen molar-refractivity contribution in [3.8, 4) is 22.3 Å². The van der Waals surface area contributed by atoms with E-state index in [0.717, 1.165) is 18.2 Å². The van der Waals surface area contributed by atoms with Crippen LogP contribution in [0.25, 0.3) is 66.1 Å². The molecular formula is C44H32O. The van der Waals surface area contributed by atoms with E-state index >= 15 is 0 Å². The first-order valence-electron chi connectivity index (χ1n) is 25.3. The first-order valence-corrected chi connectivity index (χ1v) is 13.8. The molecule has 7 aromatic rings. The van der Waals surface area contributed by atoms with Gasteiger partial charge in [0.05, 0.1) is 31.5 Å². The summed E-state index contributed by atoms with van der Waals surface area (Å²) in [5, 5.41) is -1.57. The topological polar surface area (TPSA) is 13.1 Å². The van der Waals surface area contributed by atoms with Crippen molar-refractivity contribution in [2.24, 2.45) is 0 Å². The van der Waals surface area contributed by atoms with Crippen LogP contribution in [0.1, 0.15) is 55.5 Å². The van der Waals surface area contributed by atoms with Crippen LogP contribution in [0, 0.1) is 0 Å². The SMILES string of the molecule is [2H]c1cc(C2=CC(c3c([2H])c([2H])c([2H])c([2H])c3[2H])=CCC2)c2c([2H])c([2H])c([2H])c([2H])c2c(-c2c([2H])c(-c3c([2H])c([2H])c([2H])c([2H])c3[2H])cc3oc4c([2H])c([2H])c([2H])c([2H])c4c23)cc([2H])c([2H])c1[2H]. The number of para-hydroxylation sites is 1. The van der Waals surface area contributed by atoms with Crippen molar-refractivity contribution in [2.45, 2.75) is 12.8 Å². The zero-order chi connectivity index (χ0) is 50.0. The van der Waals surface area contributed by atoms with E-state index in [2.05, 4.69) is 0 Å². The maximum Gasteiger partial charge on any atom is 0.136 e. The number of rotatable bonds is 4. The van der Waals surface area contributed by atoms with Crippen molar-refractivity contribution in [3.05, 3.63) is 180 Å². The first-order chi connectivity index (χ1) is 31.8. The van der Waals surface area contributed by atoms with Gasteiger partial charge in [0.2, 0.25) is 0 Å². The largest absolute Gasteiger partial charge is 0.456 e. The van der Waals surface area contributed by atoms with Gasteiger partial charge in [0, 0.05) is 10.8 Å². The number of fused-ring (bicyclic) bond motifs is 4. The van der Waals surface area contributed by atoms with Crippen LogP contribution in [-0.2, 0) is 0 Å². The number of benzene rings is 5. The Labute approximate surface area is 296 Å². The Bertz CT molecular complexity index is 3540. The molecule has 0 saturated heterocycles. The predicted molar refractivity (Wildman–Crippen MR) is 191 cm³/mol. The van der Waals surface area contributed by atoms with E-state index < -0.39 is 178 Å². The van der Waals surface area contributed by atoms with Crippen LogP contribution in [0.4, 0.5) is 0 Å². The van der Waals surface area contributed by atoms with Gasteiger partial charge in [-0.1, -0.05) is 151 Å². The summed E-state index contributed by atoms with van der Waals surface area (Å²) in [7, 11) is 0. The molecule has 1 nitrogen and oxygen atoms in total. The van der Waals surface area contributed by atoms with Crippen LogP contribution in [0.15, 0.2) is 174 Å². The molecule has 0 saturated carbocycles. The summed E-state index contributed by atoms with van der Waals surface area (Å²) in [5.41, 5.74) is -2.93. The Kier molecular flexibility index (Phi) is 3.15. The third-order valence-corrected chi connectivity index (χ3v) is 7.29. The average Bonchev–Trinajstić information content (AvgIpc) is 3.70. The maximum atomic E-state index is 9.94. The van der Waals surface area contributed by atoms with Crippen molar-refractivity contribution < 1.29 is 35.9 Å². The summed E-state index contributed by atoms with van der Waals surface area (Å²) in [6.45, 7) is 0. The van der Waals surface area contributed by atoms with Crippen LogP contribution in [-0.4, -0.2) is 0 Å². The highest BCUT2D eigenvalue weighted by atomic mass is 16.3. The van der Waals surface area contributed by atoms with Crippen molar-refractivity contribution in [1.29, 1.82) is 0 Å². The van der Waals surface area contributed by atoms with Crippen LogP contribution in [0.5, 0.6) is 0 Å². The molecule has 1 heteroatoms. The highest BCUT2D eigenvalue weighted by molar-refractivity contribution is 6.16. The third kappa shape index (κ3) is 5.13. The van der Waals surface area contributed by atoms with E-state index in [1.54, 1.807) is 6.08 Å². The lowest BCUT2D eigenvalue weighted by Gasteiger charge is -2.17. The summed E-state index contributed by atoms with van der Waals surface area (Å²) < 4.78 is 209. The Morgan fingerprint density at radius 1 is 0.511 bits per heavy atom. The molecular weight excluding hydrogens is 544 g/mol. The standard InChI is InChI=1S/C44H32O/c1-2-10-23-39(41-29-35(32-18-7-4-8-19-32)30-43-44(41)40-26-13-14-27-42(40)45-43)38-25-12-11-24-37(38)36(22-9-1)34-21-15-20-33(28-34)31-16-5-3-6-17-31/h1-14,16-20,22-30H,15,21H2/i1D,2D,3D,4D,5D,6D,7D,8D,9D,10D,11D,12D,13D,14D,16D,17D,18D,19D,24D,25D,26D,27D,29D. The maximum absolute atomic E-state index is 9.94. The summed E-state index contributed by atoms with van der Waals surface area (Å²) in [5.74, 6) is 0. The normalized spacial score (nSPS) is 20.1. The Morgan fingerprint density at radius 2 is 1.11 bits per heavy atom. The average molecular weight is 600 g/mol. The fraction of sp³-hybridized carbons (Fsp3) is 0.0455. The lowest BCUT2D eigenvalue weighted by atomic mass is 9.87. The van der Waals surface area contributed by atoms with Gasteiger partial charge in [0.25, 0.3) is 0 Å². The molecule has 0 fully saturated rings. The van der Waals surface area contributed by atoms with Crippen molar-refractivity contribution >= 4 is 43.9 Å². The molecule has 1 aliphatic carbocycles. The Morgan fingerprint density at radius 3 is 1.87 bits per heavy atom.